The summed E-state index contributed by atoms with van der Waals surface area (Å²) < 4.78 is 37.2. The maximum atomic E-state index is 14.9. The van der Waals surface area contributed by atoms with Gasteiger partial charge in [0.2, 0.25) is 0 Å². The van der Waals surface area contributed by atoms with Crippen molar-refractivity contribution in [2.24, 2.45) is 5.16 Å². The molecule has 166 valence electrons. The molecular weight excluding hydrogens is 425 g/mol. The highest BCUT2D eigenvalue weighted by Gasteiger charge is 2.47. The summed E-state index contributed by atoms with van der Waals surface area (Å²) >= 11 is 0. The van der Waals surface area contributed by atoms with Crippen molar-refractivity contribution in [1.29, 1.82) is 0 Å². The van der Waals surface area contributed by atoms with Gasteiger partial charge < -0.3 is 4.84 Å². The summed E-state index contributed by atoms with van der Waals surface area (Å²) in [6.07, 6.45) is 0.160. The van der Waals surface area contributed by atoms with Gasteiger partial charge in [-0.1, -0.05) is 17.3 Å². The lowest BCUT2D eigenvalue weighted by atomic mass is 9.95. The van der Waals surface area contributed by atoms with Crippen LogP contribution in [0.5, 0.6) is 0 Å². The minimum absolute atomic E-state index is 0.191. The number of aryl methyl sites for hydroxylation is 2. The smallest absolute Gasteiger partial charge is 0.264 e. The van der Waals surface area contributed by atoms with Gasteiger partial charge in [-0.2, -0.15) is 0 Å². The van der Waals surface area contributed by atoms with Crippen LogP contribution in [0.1, 0.15) is 36.7 Å². The molecule has 0 aliphatic carbocycles. The van der Waals surface area contributed by atoms with Crippen LogP contribution in [0.4, 0.5) is 4.39 Å². The second-order valence-corrected chi connectivity index (χ2v) is 10.4. The minimum atomic E-state index is -3.86. The Hall–Kier alpha value is -2.85. The van der Waals surface area contributed by atoms with E-state index in [4.69, 9.17) is 10.0 Å². The lowest BCUT2D eigenvalue weighted by Gasteiger charge is -2.26. The molecule has 1 aliphatic heterocycles. The van der Waals surface area contributed by atoms with E-state index in [2.05, 4.69) is 10.1 Å². The van der Waals surface area contributed by atoms with Crippen molar-refractivity contribution in [3.05, 3.63) is 53.1 Å². The quantitative estimate of drug-likeness (QED) is 0.517. The zero-order valence-corrected chi connectivity index (χ0v) is 18.5. The zero-order valence-electron chi connectivity index (χ0n) is 17.6. The van der Waals surface area contributed by atoms with Crippen LogP contribution < -0.4 is 5.48 Å². The average molecular weight is 450 g/mol. The van der Waals surface area contributed by atoms with Gasteiger partial charge in [-0.25, -0.2) is 18.3 Å². The maximum absolute atomic E-state index is 14.9. The number of hydrogen-bond acceptors (Lipinski definition) is 7. The van der Waals surface area contributed by atoms with Crippen LogP contribution in [0.25, 0.3) is 11.1 Å². The molecular formula is C21H24FN3O5S. The minimum Gasteiger partial charge on any atom is -0.392 e. The van der Waals surface area contributed by atoms with E-state index >= 15 is 0 Å². The Balaban J connectivity index is 1.80. The van der Waals surface area contributed by atoms with Gasteiger partial charge in [-0.15, -0.1) is 0 Å². The number of carbonyl (C=O) groups is 1. The summed E-state index contributed by atoms with van der Waals surface area (Å²) in [4.78, 5) is 21.6. The number of carbonyl (C=O) groups excluding carboxylic acids is 1. The molecule has 2 aromatic rings. The van der Waals surface area contributed by atoms with Gasteiger partial charge in [0.1, 0.15) is 11.9 Å². The second-order valence-electron chi connectivity index (χ2n) is 7.95. The molecule has 10 heteroatoms. The second kappa shape index (κ2) is 8.35. The number of aromatic nitrogens is 1. The van der Waals surface area contributed by atoms with Crippen LogP contribution in [0.2, 0.25) is 0 Å². The van der Waals surface area contributed by atoms with Crippen LogP contribution >= 0.6 is 0 Å². The van der Waals surface area contributed by atoms with E-state index in [0.29, 0.717) is 16.8 Å². The number of nitrogens with zero attached hydrogens (tertiary/aromatic N) is 2. The molecule has 2 unspecified atom stereocenters. The van der Waals surface area contributed by atoms with Gasteiger partial charge in [0, 0.05) is 41.6 Å². The maximum Gasteiger partial charge on any atom is 0.264 e. The first-order chi connectivity index (χ1) is 14.4. The molecule has 2 heterocycles. The molecule has 2 N–H and O–H groups in total. The lowest BCUT2D eigenvalue weighted by molar-refractivity contribution is -0.132. The molecule has 1 amide bonds. The molecule has 0 spiro atoms. The van der Waals surface area contributed by atoms with Crippen molar-refractivity contribution in [3.8, 4) is 11.1 Å². The molecule has 0 saturated heterocycles. The summed E-state index contributed by atoms with van der Waals surface area (Å²) in [5, 5.41) is 12.9. The van der Waals surface area contributed by atoms with Gasteiger partial charge in [-0.05, 0) is 44.5 Å². The Kier molecular flexibility index (Phi) is 6.15. The van der Waals surface area contributed by atoms with Gasteiger partial charge in [-0.3, -0.25) is 15.0 Å². The van der Waals surface area contributed by atoms with Crippen molar-refractivity contribution in [3.63, 3.8) is 0 Å². The highest BCUT2D eigenvalue weighted by molar-refractivity contribution is 7.92. The van der Waals surface area contributed by atoms with Crippen molar-refractivity contribution < 1.29 is 27.6 Å². The van der Waals surface area contributed by atoms with E-state index in [9.17, 15) is 17.6 Å². The first-order valence-corrected chi connectivity index (χ1v) is 11.5. The predicted octanol–water partition coefficient (Wildman–Crippen LogP) is 2.70. The molecule has 0 saturated carbocycles. The molecule has 31 heavy (non-hydrogen) atoms. The molecule has 8 nitrogen and oxygen atoms in total. The van der Waals surface area contributed by atoms with Gasteiger partial charge in [0.05, 0.1) is 5.71 Å². The van der Waals surface area contributed by atoms with Crippen molar-refractivity contribution >= 4 is 21.5 Å². The Bertz CT molecular complexity index is 1150. The van der Waals surface area contributed by atoms with Crippen LogP contribution in [-0.2, 0) is 19.5 Å². The third-order valence-corrected chi connectivity index (χ3v) is 7.43. The Morgan fingerprint density at radius 2 is 1.90 bits per heavy atom. The zero-order chi connectivity index (χ0) is 23.0. The van der Waals surface area contributed by atoms with Crippen molar-refractivity contribution in [2.75, 3.05) is 6.26 Å². The van der Waals surface area contributed by atoms with E-state index < -0.39 is 32.4 Å². The Morgan fingerprint density at radius 3 is 2.45 bits per heavy atom. The Labute approximate surface area is 180 Å². The number of oxime groups is 1. The van der Waals surface area contributed by atoms with Crippen LogP contribution in [0.3, 0.4) is 0 Å². The molecule has 0 bridgehead atoms. The summed E-state index contributed by atoms with van der Waals surface area (Å²) in [6.45, 7) is 4.89. The predicted molar refractivity (Wildman–Crippen MR) is 113 cm³/mol. The lowest BCUT2D eigenvalue weighted by Crippen LogP contribution is -2.51. The third-order valence-electron chi connectivity index (χ3n) is 5.45. The van der Waals surface area contributed by atoms with Crippen LogP contribution in [0.15, 0.2) is 35.5 Å². The SMILES string of the molecule is Cc1cc(-c2ccc(C3=NOC(CC(C)(C(=O)NO)S(C)(=O)=O)C3)cc2F)cc(C)n1. The monoisotopic (exact) mass is 449 g/mol. The number of nitrogens with one attached hydrogen (secondary N) is 1. The van der Waals surface area contributed by atoms with Crippen molar-refractivity contribution in [2.45, 2.75) is 44.5 Å². The van der Waals surface area contributed by atoms with Gasteiger partial charge in [0.15, 0.2) is 14.6 Å². The number of hydroxylamine groups is 1. The van der Waals surface area contributed by atoms with E-state index in [1.807, 2.05) is 13.8 Å². The number of rotatable bonds is 6. The highest BCUT2D eigenvalue weighted by Crippen LogP contribution is 2.31. The van der Waals surface area contributed by atoms with E-state index in [-0.39, 0.29) is 12.8 Å². The fourth-order valence-corrected chi connectivity index (χ4v) is 4.46. The Morgan fingerprint density at radius 1 is 1.26 bits per heavy atom. The van der Waals surface area contributed by atoms with Crippen LogP contribution in [-0.4, -0.2) is 47.3 Å². The number of pyridine rings is 1. The molecule has 1 aromatic heterocycles. The average Bonchev–Trinajstić information content (AvgIpc) is 3.13. The number of hydrogen-bond donors (Lipinski definition) is 2. The standard InChI is InChI=1S/C21H24FN3O5S/c1-12-7-15(8-13(2)23-12)17-6-5-14(9-18(17)22)19-10-16(30-25-19)11-21(3,20(26)24-27)31(4,28)29/h5-9,16,27H,10-11H2,1-4H3,(H,24,26). The topological polar surface area (TPSA) is 118 Å². The summed E-state index contributed by atoms with van der Waals surface area (Å²) in [6, 6.07) is 8.31. The summed E-state index contributed by atoms with van der Waals surface area (Å²) in [5.74, 6) is -1.49. The first-order valence-electron chi connectivity index (χ1n) is 9.57. The summed E-state index contributed by atoms with van der Waals surface area (Å²) in [7, 11) is -3.86. The number of amides is 1. The molecule has 0 radical (unpaired) electrons. The normalized spacial score (nSPS) is 18.1. The number of benzene rings is 1. The van der Waals surface area contributed by atoms with E-state index in [1.54, 1.807) is 24.3 Å². The number of sulfone groups is 1. The highest BCUT2D eigenvalue weighted by atomic mass is 32.2. The molecule has 2 atom stereocenters. The van der Waals surface area contributed by atoms with Gasteiger partial charge >= 0.3 is 0 Å². The largest absolute Gasteiger partial charge is 0.392 e. The van der Waals surface area contributed by atoms with Crippen molar-refractivity contribution in [1.82, 2.24) is 10.5 Å². The third kappa shape index (κ3) is 4.59. The fourth-order valence-electron chi connectivity index (χ4n) is 3.59. The molecule has 3 rings (SSSR count). The van der Waals surface area contributed by atoms with Gasteiger partial charge in [0.25, 0.3) is 5.91 Å². The summed E-state index contributed by atoms with van der Waals surface area (Å²) in [5.41, 5.74) is 5.06. The molecule has 0 fully saturated rings. The fraction of sp³-hybridized carbons (Fsp3) is 0.381. The first kappa shape index (κ1) is 22.8. The van der Waals surface area contributed by atoms with Crippen LogP contribution in [0, 0.1) is 19.7 Å². The molecule has 1 aliphatic rings. The van der Waals surface area contributed by atoms with E-state index in [1.165, 1.54) is 18.5 Å². The molecule has 1 aromatic carbocycles. The van der Waals surface area contributed by atoms with E-state index in [0.717, 1.165) is 23.2 Å². The number of halogens is 1.